The Kier molecular flexibility index (Phi) is 6.13. The van der Waals surface area contributed by atoms with Crippen molar-refractivity contribution in [1.82, 2.24) is 5.32 Å². The lowest BCUT2D eigenvalue weighted by molar-refractivity contribution is -0.137. The lowest BCUT2D eigenvalue weighted by atomic mass is 10.1. The van der Waals surface area contributed by atoms with Gasteiger partial charge in [-0.25, -0.2) is 0 Å². The fraction of sp³-hybridized carbons (Fsp3) is 0.0833. The molecule has 6 nitrogen and oxygen atoms in total. The molecule has 1 aliphatic heterocycles. The molecule has 4 rings (SSSR count). The summed E-state index contributed by atoms with van der Waals surface area (Å²) in [5.74, 6) is 4.99. The van der Waals surface area contributed by atoms with Crippen molar-refractivity contribution in [2.45, 2.75) is 11.1 Å². The largest absolute Gasteiger partial charge is 0.416 e. The normalized spacial score (nSPS) is 13.8. The van der Waals surface area contributed by atoms with Gasteiger partial charge in [0.1, 0.15) is 4.90 Å². The predicted octanol–water partition coefficient (Wildman–Crippen LogP) is 4.05. The first kappa shape index (κ1) is 23.1. The van der Waals surface area contributed by atoms with Gasteiger partial charge in [0, 0.05) is 22.4 Å². The van der Waals surface area contributed by atoms with E-state index in [1.807, 2.05) is 0 Å². The maximum Gasteiger partial charge on any atom is 0.416 e. The standard InChI is InChI=1S/C24H16F3N3O3S/c25-24(26,27)18-7-3-5-16(15-18)6-4-14-28-23(31)17-10-12-19(13-11-17)29-22-20-8-1-2-9-21(20)34(32,33)30-22/h1-3,5,7-13,15H,14H2,(H,28,31)(H,29,30). The summed E-state index contributed by atoms with van der Waals surface area (Å²) in [7, 11) is -3.75. The second-order valence-corrected chi connectivity index (χ2v) is 8.75. The van der Waals surface area contributed by atoms with Gasteiger partial charge >= 0.3 is 6.18 Å². The molecular formula is C24H16F3N3O3S. The Morgan fingerprint density at radius 2 is 1.71 bits per heavy atom. The molecule has 10 heteroatoms. The number of nitrogens with zero attached hydrogens (tertiary/aromatic N) is 1. The zero-order valence-electron chi connectivity index (χ0n) is 17.3. The highest BCUT2D eigenvalue weighted by Crippen LogP contribution is 2.29. The molecule has 0 saturated carbocycles. The Hall–Kier alpha value is -4.10. The first-order valence-electron chi connectivity index (χ1n) is 9.89. The summed E-state index contributed by atoms with van der Waals surface area (Å²) in [5, 5.41) is 5.51. The SMILES string of the molecule is O=C(NCC#Cc1cccc(C(F)(F)F)c1)c1ccc(NC2=NS(=O)(=O)c3ccccc32)cc1. The summed E-state index contributed by atoms with van der Waals surface area (Å²) in [6.07, 6.45) is -4.45. The lowest BCUT2D eigenvalue weighted by Crippen LogP contribution is -2.23. The summed E-state index contributed by atoms with van der Waals surface area (Å²) >= 11 is 0. The number of amides is 1. The zero-order chi connectivity index (χ0) is 24.3. The van der Waals surface area contributed by atoms with Gasteiger partial charge in [-0.05, 0) is 54.6 Å². The van der Waals surface area contributed by atoms with Crippen molar-refractivity contribution in [2.24, 2.45) is 4.40 Å². The van der Waals surface area contributed by atoms with Crippen molar-refractivity contribution in [2.75, 3.05) is 11.9 Å². The number of hydrogen-bond donors (Lipinski definition) is 2. The minimum absolute atomic E-state index is 0.0550. The molecule has 0 aliphatic carbocycles. The number of carbonyl (C=O) groups is 1. The molecule has 172 valence electrons. The molecule has 3 aromatic carbocycles. The number of amidine groups is 1. The third-order valence-corrected chi connectivity index (χ3v) is 6.14. The van der Waals surface area contributed by atoms with Crippen LogP contribution in [0.25, 0.3) is 0 Å². The molecule has 0 spiro atoms. The molecule has 0 aromatic heterocycles. The Balaban J connectivity index is 1.36. The number of halogens is 3. The van der Waals surface area contributed by atoms with Crippen LogP contribution in [-0.2, 0) is 16.2 Å². The maximum absolute atomic E-state index is 12.7. The van der Waals surface area contributed by atoms with Crippen LogP contribution in [0.15, 0.2) is 82.1 Å². The molecule has 34 heavy (non-hydrogen) atoms. The molecular weight excluding hydrogens is 467 g/mol. The van der Waals surface area contributed by atoms with Crippen molar-refractivity contribution in [3.63, 3.8) is 0 Å². The van der Waals surface area contributed by atoms with Crippen LogP contribution < -0.4 is 10.6 Å². The third-order valence-electron chi connectivity index (χ3n) is 4.80. The highest BCUT2D eigenvalue weighted by Gasteiger charge is 2.30. The van der Waals surface area contributed by atoms with Crippen LogP contribution in [0.5, 0.6) is 0 Å². The van der Waals surface area contributed by atoms with Gasteiger partial charge < -0.3 is 10.6 Å². The van der Waals surface area contributed by atoms with Crippen LogP contribution in [0, 0.1) is 11.8 Å². The maximum atomic E-state index is 12.7. The van der Waals surface area contributed by atoms with Gasteiger partial charge in [-0.2, -0.15) is 21.6 Å². The topological polar surface area (TPSA) is 87.6 Å². The minimum Gasteiger partial charge on any atom is -0.341 e. The Morgan fingerprint density at radius 3 is 2.44 bits per heavy atom. The molecule has 0 saturated heterocycles. The Labute approximate surface area is 193 Å². The van der Waals surface area contributed by atoms with E-state index in [2.05, 4.69) is 26.9 Å². The van der Waals surface area contributed by atoms with E-state index in [4.69, 9.17) is 0 Å². The van der Waals surface area contributed by atoms with Gasteiger partial charge in [0.25, 0.3) is 15.9 Å². The predicted molar refractivity (Wildman–Crippen MR) is 121 cm³/mol. The van der Waals surface area contributed by atoms with Crippen LogP contribution in [0.4, 0.5) is 18.9 Å². The van der Waals surface area contributed by atoms with E-state index in [0.29, 0.717) is 16.8 Å². The average Bonchev–Trinajstić information content (AvgIpc) is 3.06. The number of hydrogen-bond acceptors (Lipinski definition) is 4. The first-order chi connectivity index (χ1) is 16.1. The Morgan fingerprint density at radius 1 is 0.971 bits per heavy atom. The molecule has 1 aliphatic rings. The summed E-state index contributed by atoms with van der Waals surface area (Å²) in [6, 6.07) is 17.3. The molecule has 1 amide bonds. The van der Waals surface area contributed by atoms with Gasteiger partial charge in [-0.1, -0.05) is 30.0 Å². The van der Waals surface area contributed by atoms with Gasteiger partial charge in [-0.3, -0.25) is 4.79 Å². The van der Waals surface area contributed by atoms with E-state index < -0.39 is 27.7 Å². The van der Waals surface area contributed by atoms with Crippen molar-refractivity contribution >= 4 is 27.5 Å². The number of sulfonamides is 1. The summed E-state index contributed by atoms with van der Waals surface area (Å²) < 4.78 is 66.3. The fourth-order valence-electron chi connectivity index (χ4n) is 3.18. The van der Waals surface area contributed by atoms with E-state index in [9.17, 15) is 26.4 Å². The van der Waals surface area contributed by atoms with Gasteiger partial charge in [0.15, 0.2) is 5.84 Å². The van der Waals surface area contributed by atoms with Crippen molar-refractivity contribution in [1.29, 1.82) is 0 Å². The van der Waals surface area contributed by atoms with Crippen LogP contribution in [0.1, 0.15) is 27.0 Å². The molecule has 0 atom stereocenters. The molecule has 3 aromatic rings. The number of benzene rings is 3. The van der Waals surface area contributed by atoms with E-state index in [1.54, 1.807) is 30.3 Å². The van der Waals surface area contributed by atoms with E-state index >= 15 is 0 Å². The molecule has 0 unspecified atom stereocenters. The summed E-state index contributed by atoms with van der Waals surface area (Å²) in [5.41, 5.74) is 0.725. The van der Waals surface area contributed by atoms with Gasteiger partial charge in [-0.15, -0.1) is 4.40 Å². The van der Waals surface area contributed by atoms with Crippen LogP contribution in [0.3, 0.4) is 0 Å². The summed E-state index contributed by atoms with van der Waals surface area (Å²) in [6.45, 7) is -0.0550. The highest BCUT2D eigenvalue weighted by molar-refractivity contribution is 7.90. The molecule has 0 fully saturated rings. The number of rotatable bonds is 3. The second-order valence-electron chi connectivity index (χ2n) is 7.18. The van der Waals surface area contributed by atoms with Crippen LogP contribution in [0.2, 0.25) is 0 Å². The number of nitrogens with one attached hydrogen (secondary N) is 2. The fourth-order valence-corrected chi connectivity index (χ4v) is 4.36. The number of carbonyl (C=O) groups excluding carboxylic acids is 1. The summed E-state index contributed by atoms with van der Waals surface area (Å²) in [4.78, 5) is 12.4. The van der Waals surface area contributed by atoms with Gasteiger partial charge in [0.2, 0.25) is 0 Å². The molecule has 0 radical (unpaired) electrons. The van der Waals surface area contributed by atoms with Gasteiger partial charge in [0.05, 0.1) is 12.1 Å². The lowest BCUT2D eigenvalue weighted by Gasteiger charge is -2.07. The van der Waals surface area contributed by atoms with Crippen LogP contribution >= 0.6 is 0 Å². The third kappa shape index (κ3) is 5.10. The zero-order valence-corrected chi connectivity index (χ0v) is 18.2. The van der Waals surface area contributed by atoms with E-state index in [1.165, 1.54) is 30.3 Å². The molecule has 1 heterocycles. The molecule has 0 bridgehead atoms. The van der Waals surface area contributed by atoms with Crippen molar-refractivity contribution < 1.29 is 26.4 Å². The minimum atomic E-state index is -4.45. The molecule has 2 N–H and O–H groups in total. The monoisotopic (exact) mass is 483 g/mol. The smallest absolute Gasteiger partial charge is 0.341 e. The second kappa shape index (κ2) is 9.03. The van der Waals surface area contributed by atoms with Crippen LogP contribution in [-0.4, -0.2) is 26.7 Å². The van der Waals surface area contributed by atoms with Crippen molar-refractivity contribution in [3.8, 4) is 11.8 Å². The van der Waals surface area contributed by atoms with E-state index in [-0.39, 0.29) is 22.8 Å². The highest BCUT2D eigenvalue weighted by atomic mass is 32.2. The quantitative estimate of drug-likeness (QED) is 0.551. The van der Waals surface area contributed by atoms with Crippen molar-refractivity contribution in [3.05, 3.63) is 95.1 Å². The first-order valence-corrected chi connectivity index (χ1v) is 11.3. The average molecular weight is 483 g/mol. The number of anilines is 1. The number of alkyl halides is 3. The Bertz CT molecular complexity index is 1450. The number of fused-ring (bicyclic) bond motifs is 1. The van der Waals surface area contributed by atoms with E-state index in [0.717, 1.165) is 12.1 Å².